The summed E-state index contributed by atoms with van der Waals surface area (Å²) in [5, 5.41) is 6.07. The van der Waals surface area contributed by atoms with Crippen LogP contribution in [-0.2, 0) is 0 Å². The van der Waals surface area contributed by atoms with Crippen LogP contribution < -0.4 is 16.4 Å². The molecule has 1 saturated carbocycles. The molecule has 18 heavy (non-hydrogen) atoms. The molecule has 2 amide bonds. The Kier molecular flexibility index (Phi) is 4.07. The van der Waals surface area contributed by atoms with Gasteiger partial charge in [0.2, 0.25) is 0 Å². The van der Waals surface area contributed by atoms with Crippen molar-refractivity contribution >= 4 is 17.4 Å². The van der Waals surface area contributed by atoms with Gasteiger partial charge in [-0.3, -0.25) is 0 Å². The molecule has 0 heterocycles. The van der Waals surface area contributed by atoms with Gasteiger partial charge in [-0.1, -0.05) is 12.8 Å². The Morgan fingerprint density at radius 3 is 2.33 bits per heavy atom. The first-order valence-corrected chi connectivity index (χ1v) is 6.58. The summed E-state index contributed by atoms with van der Waals surface area (Å²) in [6.07, 6.45) is 5.38. The molecule has 4 heteroatoms. The van der Waals surface area contributed by atoms with E-state index in [1.165, 1.54) is 25.7 Å². The Morgan fingerprint density at radius 2 is 1.78 bits per heavy atom. The average Bonchev–Trinajstić information content (AvgIpc) is 2.84. The third-order valence-corrected chi connectivity index (χ3v) is 3.65. The number of nitrogens with two attached hydrogens (primary N) is 1. The van der Waals surface area contributed by atoms with Gasteiger partial charge in [-0.15, -0.1) is 0 Å². The fourth-order valence-corrected chi connectivity index (χ4v) is 2.63. The zero-order valence-corrected chi connectivity index (χ0v) is 10.8. The van der Waals surface area contributed by atoms with E-state index in [4.69, 9.17) is 5.73 Å². The molecule has 4 N–H and O–H groups in total. The fourth-order valence-electron chi connectivity index (χ4n) is 2.63. The van der Waals surface area contributed by atoms with Gasteiger partial charge < -0.3 is 16.4 Å². The number of rotatable bonds is 4. The van der Waals surface area contributed by atoms with E-state index in [0.29, 0.717) is 6.04 Å². The predicted octanol–water partition coefficient (Wildman–Crippen LogP) is 3.17. The van der Waals surface area contributed by atoms with Crippen LogP contribution in [0.4, 0.5) is 16.2 Å². The molecule has 1 aromatic carbocycles. The summed E-state index contributed by atoms with van der Waals surface area (Å²) in [6.45, 7) is 2.24. The number of benzene rings is 1. The molecule has 1 aliphatic rings. The van der Waals surface area contributed by atoms with Crippen LogP contribution >= 0.6 is 0 Å². The summed E-state index contributed by atoms with van der Waals surface area (Å²) in [6, 6.07) is 7.62. The van der Waals surface area contributed by atoms with Crippen LogP contribution in [0.2, 0.25) is 0 Å². The van der Waals surface area contributed by atoms with Crippen molar-refractivity contribution in [1.82, 2.24) is 0 Å². The average molecular weight is 247 g/mol. The number of anilines is 2. The standard InChI is InChI=1S/C14H21N3O/c1-10(11-4-2-3-5-11)16-12-6-8-13(9-7-12)17-14(15)18/h6-11,16H,2-5H2,1H3,(H3,15,17,18). The molecule has 0 aromatic heterocycles. The molecule has 0 spiro atoms. The number of primary amides is 1. The minimum absolute atomic E-state index is 0.502. The van der Waals surface area contributed by atoms with Crippen molar-refractivity contribution in [2.24, 2.45) is 11.7 Å². The summed E-state index contributed by atoms with van der Waals surface area (Å²) in [4.78, 5) is 10.7. The minimum atomic E-state index is -0.532. The van der Waals surface area contributed by atoms with Crippen LogP contribution in [0.25, 0.3) is 0 Å². The summed E-state index contributed by atoms with van der Waals surface area (Å²) in [5.41, 5.74) is 6.87. The highest BCUT2D eigenvalue weighted by molar-refractivity contribution is 5.87. The zero-order valence-electron chi connectivity index (χ0n) is 10.8. The minimum Gasteiger partial charge on any atom is -0.382 e. The molecule has 0 saturated heterocycles. The lowest BCUT2D eigenvalue weighted by atomic mass is 9.99. The first kappa shape index (κ1) is 12.7. The van der Waals surface area contributed by atoms with Crippen molar-refractivity contribution in [3.8, 4) is 0 Å². The van der Waals surface area contributed by atoms with Gasteiger partial charge in [-0.05, 0) is 49.9 Å². The maximum atomic E-state index is 10.7. The molecule has 0 bridgehead atoms. The van der Waals surface area contributed by atoms with Crippen LogP contribution in [0, 0.1) is 5.92 Å². The van der Waals surface area contributed by atoms with E-state index >= 15 is 0 Å². The predicted molar refractivity (Wildman–Crippen MR) is 74.7 cm³/mol. The Bertz CT molecular complexity index is 396. The number of hydrogen-bond donors (Lipinski definition) is 3. The first-order valence-electron chi connectivity index (χ1n) is 6.58. The van der Waals surface area contributed by atoms with E-state index in [1.807, 2.05) is 24.3 Å². The molecular formula is C14H21N3O. The van der Waals surface area contributed by atoms with Crippen LogP contribution in [0.3, 0.4) is 0 Å². The quantitative estimate of drug-likeness (QED) is 0.765. The largest absolute Gasteiger partial charge is 0.382 e. The SMILES string of the molecule is CC(Nc1ccc(NC(N)=O)cc1)C1CCCC1. The highest BCUT2D eigenvalue weighted by Gasteiger charge is 2.21. The van der Waals surface area contributed by atoms with Gasteiger partial charge in [0, 0.05) is 17.4 Å². The van der Waals surface area contributed by atoms with E-state index in [9.17, 15) is 4.79 Å². The second kappa shape index (κ2) is 5.76. The van der Waals surface area contributed by atoms with Crippen molar-refractivity contribution in [1.29, 1.82) is 0 Å². The van der Waals surface area contributed by atoms with E-state index in [1.54, 1.807) is 0 Å². The Balaban J connectivity index is 1.91. The van der Waals surface area contributed by atoms with Crippen molar-refractivity contribution in [3.63, 3.8) is 0 Å². The molecule has 4 nitrogen and oxygen atoms in total. The van der Waals surface area contributed by atoms with Crippen molar-refractivity contribution < 1.29 is 4.79 Å². The van der Waals surface area contributed by atoms with E-state index in [2.05, 4.69) is 17.6 Å². The smallest absolute Gasteiger partial charge is 0.316 e. The highest BCUT2D eigenvalue weighted by Crippen LogP contribution is 2.29. The van der Waals surface area contributed by atoms with Gasteiger partial charge in [-0.2, -0.15) is 0 Å². The maximum absolute atomic E-state index is 10.7. The number of amides is 2. The van der Waals surface area contributed by atoms with Gasteiger partial charge in [-0.25, -0.2) is 4.79 Å². The molecule has 0 aliphatic heterocycles. The van der Waals surface area contributed by atoms with Crippen LogP contribution in [-0.4, -0.2) is 12.1 Å². The molecular weight excluding hydrogens is 226 g/mol. The molecule has 0 radical (unpaired) electrons. The molecule has 1 aromatic rings. The van der Waals surface area contributed by atoms with Crippen LogP contribution in [0.15, 0.2) is 24.3 Å². The Morgan fingerprint density at radius 1 is 1.22 bits per heavy atom. The zero-order chi connectivity index (χ0) is 13.0. The van der Waals surface area contributed by atoms with Gasteiger partial charge >= 0.3 is 6.03 Å². The van der Waals surface area contributed by atoms with Crippen molar-refractivity contribution in [3.05, 3.63) is 24.3 Å². The van der Waals surface area contributed by atoms with E-state index in [-0.39, 0.29) is 0 Å². The number of carbonyl (C=O) groups is 1. The van der Waals surface area contributed by atoms with Gasteiger partial charge in [0.1, 0.15) is 0 Å². The van der Waals surface area contributed by atoms with E-state index < -0.39 is 6.03 Å². The lowest BCUT2D eigenvalue weighted by molar-refractivity contribution is 0.259. The van der Waals surface area contributed by atoms with Gasteiger partial charge in [0.15, 0.2) is 0 Å². The number of hydrogen-bond acceptors (Lipinski definition) is 2. The lowest BCUT2D eigenvalue weighted by Crippen LogP contribution is -2.23. The molecule has 98 valence electrons. The molecule has 1 aliphatic carbocycles. The van der Waals surface area contributed by atoms with Crippen LogP contribution in [0.1, 0.15) is 32.6 Å². The normalized spacial score (nSPS) is 17.4. The van der Waals surface area contributed by atoms with Crippen molar-refractivity contribution in [2.45, 2.75) is 38.6 Å². The summed E-state index contributed by atoms with van der Waals surface area (Å²) < 4.78 is 0. The summed E-state index contributed by atoms with van der Waals surface area (Å²) in [7, 11) is 0. The van der Waals surface area contributed by atoms with Crippen molar-refractivity contribution in [2.75, 3.05) is 10.6 Å². The van der Waals surface area contributed by atoms with E-state index in [0.717, 1.165) is 17.3 Å². The Hall–Kier alpha value is -1.71. The summed E-state index contributed by atoms with van der Waals surface area (Å²) >= 11 is 0. The topological polar surface area (TPSA) is 67.2 Å². The third-order valence-electron chi connectivity index (χ3n) is 3.65. The second-order valence-electron chi connectivity index (χ2n) is 5.04. The second-order valence-corrected chi connectivity index (χ2v) is 5.04. The van der Waals surface area contributed by atoms with Gasteiger partial charge in [0.05, 0.1) is 0 Å². The number of nitrogens with one attached hydrogen (secondary N) is 2. The molecule has 1 atom stereocenters. The lowest BCUT2D eigenvalue weighted by Gasteiger charge is -2.21. The maximum Gasteiger partial charge on any atom is 0.316 e. The van der Waals surface area contributed by atoms with Gasteiger partial charge in [0.25, 0.3) is 0 Å². The number of urea groups is 1. The summed E-state index contributed by atoms with van der Waals surface area (Å²) in [5.74, 6) is 0.786. The number of carbonyl (C=O) groups excluding carboxylic acids is 1. The van der Waals surface area contributed by atoms with Crippen LogP contribution in [0.5, 0.6) is 0 Å². The Labute approximate surface area is 108 Å². The fraction of sp³-hybridized carbons (Fsp3) is 0.500. The highest BCUT2D eigenvalue weighted by atomic mass is 16.2. The third kappa shape index (κ3) is 3.39. The first-order chi connectivity index (χ1) is 8.65. The molecule has 1 fully saturated rings. The molecule has 2 rings (SSSR count). The monoisotopic (exact) mass is 247 g/mol. The molecule has 1 unspecified atom stereocenters.